The van der Waals surface area contributed by atoms with E-state index in [1.165, 1.54) is 25.7 Å². The molecule has 2 N–H and O–H groups in total. The van der Waals surface area contributed by atoms with Crippen LogP contribution in [0.5, 0.6) is 0 Å². The fourth-order valence-electron chi connectivity index (χ4n) is 2.06. The van der Waals surface area contributed by atoms with Gasteiger partial charge in [-0.3, -0.25) is 4.68 Å². The maximum absolute atomic E-state index is 5.63. The van der Waals surface area contributed by atoms with Crippen molar-refractivity contribution in [2.45, 2.75) is 38.6 Å². The minimum atomic E-state index is 0.591. The van der Waals surface area contributed by atoms with Gasteiger partial charge in [-0.2, -0.15) is 5.10 Å². The van der Waals surface area contributed by atoms with Crippen molar-refractivity contribution < 1.29 is 0 Å². The smallest absolute Gasteiger partial charge is 0.0719 e. The van der Waals surface area contributed by atoms with Crippen LogP contribution in [0.4, 0.5) is 5.69 Å². The van der Waals surface area contributed by atoms with E-state index in [1.807, 2.05) is 10.9 Å². The monoisotopic (exact) mass is 179 g/mol. The fraction of sp³-hybridized carbons (Fsp3) is 0.700. The topological polar surface area (TPSA) is 43.8 Å². The summed E-state index contributed by atoms with van der Waals surface area (Å²) in [4.78, 5) is 0. The minimum absolute atomic E-state index is 0.591. The van der Waals surface area contributed by atoms with E-state index >= 15 is 0 Å². The molecule has 13 heavy (non-hydrogen) atoms. The summed E-state index contributed by atoms with van der Waals surface area (Å²) in [6.07, 6.45) is 8.83. The summed E-state index contributed by atoms with van der Waals surface area (Å²) >= 11 is 0. The maximum Gasteiger partial charge on any atom is 0.0719 e. The zero-order valence-electron chi connectivity index (χ0n) is 8.11. The van der Waals surface area contributed by atoms with Gasteiger partial charge in [0.25, 0.3) is 0 Å². The fourth-order valence-corrected chi connectivity index (χ4v) is 2.06. The molecule has 72 valence electrons. The van der Waals surface area contributed by atoms with Gasteiger partial charge in [-0.1, -0.05) is 6.92 Å². The molecule has 3 heteroatoms. The molecule has 1 aromatic rings. The van der Waals surface area contributed by atoms with E-state index in [4.69, 9.17) is 5.73 Å². The SMILES string of the molecule is C[C@H]1CC[C@H](n2cc(N)cn2)CC1. The Kier molecular flexibility index (Phi) is 2.25. The molecule has 0 bridgehead atoms. The largest absolute Gasteiger partial charge is 0.396 e. The first kappa shape index (κ1) is 8.60. The molecule has 1 heterocycles. The van der Waals surface area contributed by atoms with Gasteiger partial charge in [0, 0.05) is 6.20 Å². The predicted molar refractivity (Wildman–Crippen MR) is 53.3 cm³/mol. The zero-order valence-corrected chi connectivity index (χ0v) is 8.11. The predicted octanol–water partition coefficient (Wildman–Crippen LogP) is 2.22. The van der Waals surface area contributed by atoms with Crippen molar-refractivity contribution in [3.63, 3.8) is 0 Å². The van der Waals surface area contributed by atoms with Crippen LogP contribution in [0.1, 0.15) is 38.6 Å². The molecule has 0 atom stereocenters. The summed E-state index contributed by atoms with van der Waals surface area (Å²) in [5.74, 6) is 0.893. The molecule has 0 spiro atoms. The molecule has 3 nitrogen and oxygen atoms in total. The van der Waals surface area contributed by atoms with Gasteiger partial charge < -0.3 is 5.73 Å². The molecule has 0 amide bonds. The van der Waals surface area contributed by atoms with Gasteiger partial charge >= 0.3 is 0 Å². The van der Waals surface area contributed by atoms with E-state index in [1.54, 1.807) is 6.20 Å². The van der Waals surface area contributed by atoms with Gasteiger partial charge in [0.15, 0.2) is 0 Å². The molecule has 0 aliphatic heterocycles. The van der Waals surface area contributed by atoms with E-state index in [2.05, 4.69) is 12.0 Å². The maximum atomic E-state index is 5.63. The van der Waals surface area contributed by atoms with Gasteiger partial charge in [0.2, 0.25) is 0 Å². The summed E-state index contributed by atoms with van der Waals surface area (Å²) in [6.45, 7) is 2.33. The van der Waals surface area contributed by atoms with Crippen molar-refractivity contribution in [3.05, 3.63) is 12.4 Å². The molecular formula is C10H17N3. The lowest BCUT2D eigenvalue weighted by molar-refractivity contribution is 0.274. The number of nitrogens with two attached hydrogens (primary N) is 1. The van der Waals surface area contributed by atoms with Crippen LogP contribution in [0.25, 0.3) is 0 Å². The first-order valence-electron chi connectivity index (χ1n) is 5.05. The Balaban J connectivity index is 2.02. The van der Waals surface area contributed by atoms with E-state index in [9.17, 15) is 0 Å². The highest BCUT2D eigenvalue weighted by Gasteiger charge is 2.19. The molecule has 1 aliphatic carbocycles. The molecule has 0 aromatic carbocycles. The van der Waals surface area contributed by atoms with Crippen LogP contribution in [-0.4, -0.2) is 9.78 Å². The van der Waals surface area contributed by atoms with Gasteiger partial charge in [-0.15, -0.1) is 0 Å². The van der Waals surface area contributed by atoms with Crippen LogP contribution >= 0.6 is 0 Å². The lowest BCUT2D eigenvalue weighted by Gasteiger charge is -2.26. The van der Waals surface area contributed by atoms with Crippen molar-refractivity contribution in [3.8, 4) is 0 Å². The Morgan fingerprint density at radius 3 is 2.62 bits per heavy atom. The first-order valence-corrected chi connectivity index (χ1v) is 5.05. The third kappa shape index (κ3) is 1.85. The zero-order chi connectivity index (χ0) is 9.26. The van der Waals surface area contributed by atoms with Crippen LogP contribution < -0.4 is 5.73 Å². The van der Waals surface area contributed by atoms with E-state index in [0.717, 1.165) is 11.6 Å². The third-order valence-electron chi connectivity index (χ3n) is 2.98. The second-order valence-corrected chi connectivity index (χ2v) is 4.17. The second-order valence-electron chi connectivity index (χ2n) is 4.17. The highest BCUT2D eigenvalue weighted by Crippen LogP contribution is 2.31. The van der Waals surface area contributed by atoms with Crippen molar-refractivity contribution in [1.82, 2.24) is 9.78 Å². The van der Waals surface area contributed by atoms with Gasteiger partial charge in [-0.25, -0.2) is 0 Å². The number of anilines is 1. The summed E-state index contributed by atoms with van der Waals surface area (Å²) in [5, 5.41) is 4.26. The standard InChI is InChI=1S/C10H17N3/c1-8-2-4-10(5-3-8)13-7-9(11)6-12-13/h6-8,10H,2-5,11H2,1H3/t8-,10-. The lowest BCUT2D eigenvalue weighted by atomic mass is 9.87. The second kappa shape index (κ2) is 3.40. The number of aromatic nitrogens is 2. The quantitative estimate of drug-likeness (QED) is 0.718. The number of nitrogens with zero attached hydrogens (tertiary/aromatic N) is 2. The highest BCUT2D eigenvalue weighted by atomic mass is 15.3. The number of hydrogen-bond donors (Lipinski definition) is 1. The molecule has 1 aromatic heterocycles. The Morgan fingerprint density at radius 1 is 1.38 bits per heavy atom. The molecule has 0 radical (unpaired) electrons. The third-order valence-corrected chi connectivity index (χ3v) is 2.98. The molecule has 1 aliphatic rings. The number of rotatable bonds is 1. The molecule has 2 rings (SSSR count). The highest BCUT2D eigenvalue weighted by molar-refractivity contribution is 5.30. The Bertz CT molecular complexity index is 271. The van der Waals surface area contributed by atoms with Crippen molar-refractivity contribution in [1.29, 1.82) is 0 Å². The molecule has 0 unspecified atom stereocenters. The van der Waals surface area contributed by atoms with Crippen LogP contribution in [0.3, 0.4) is 0 Å². The summed E-state index contributed by atoms with van der Waals surface area (Å²) in [6, 6.07) is 0.591. The lowest BCUT2D eigenvalue weighted by Crippen LogP contribution is -2.16. The summed E-state index contributed by atoms with van der Waals surface area (Å²) in [7, 11) is 0. The van der Waals surface area contributed by atoms with Crippen molar-refractivity contribution in [2.24, 2.45) is 5.92 Å². The van der Waals surface area contributed by atoms with Crippen molar-refractivity contribution >= 4 is 5.69 Å². The Labute approximate surface area is 78.9 Å². The minimum Gasteiger partial charge on any atom is -0.396 e. The van der Waals surface area contributed by atoms with Gasteiger partial charge in [0.1, 0.15) is 0 Å². The van der Waals surface area contributed by atoms with Crippen LogP contribution in [0, 0.1) is 5.92 Å². The normalized spacial score (nSPS) is 29.0. The Morgan fingerprint density at radius 2 is 2.08 bits per heavy atom. The van der Waals surface area contributed by atoms with E-state index < -0.39 is 0 Å². The van der Waals surface area contributed by atoms with E-state index in [0.29, 0.717) is 6.04 Å². The Hall–Kier alpha value is -0.990. The summed E-state index contributed by atoms with van der Waals surface area (Å²) in [5.41, 5.74) is 6.41. The molecule has 1 saturated carbocycles. The molecule has 0 saturated heterocycles. The molecule has 1 fully saturated rings. The van der Waals surface area contributed by atoms with Crippen LogP contribution in [0.15, 0.2) is 12.4 Å². The first-order chi connectivity index (χ1) is 6.25. The number of hydrogen-bond acceptors (Lipinski definition) is 2. The van der Waals surface area contributed by atoms with Gasteiger partial charge in [0.05, 0.1) is 17.9 Å². The van der Waals surface area contributed by atoms with Gasteiger partial charge in [-0.05, 0) is 31.6 Å². The van der Waals surface area contributed by atoms with Crippen LogP contribution in [-0.2, 0) is 0 Å². The average molecular weight is 179 g/mol. The molecular weight excluding hydrogens is 162 g/mol. The average Bonchev–Trinajstić information content (AvgIpc) is 2.53. The number of nitrogen functional groups attached to an aromatic ring is 1. The van der Waals surface area contributed by atoms with Crippen LogP contribution in [0.2, 0.25) is 0 Å². The van der Waals surface area contributed by atoms with Crippen molar-refractivity contribution in [2.75, 3.05) is 5.73 Å². The van der Waals surface area contributed by atoms with E-state index in [-0.39, 0.29) is 0 Å². The summed E-state index contributed by atoms with van der Waals surface area (Å²) < 4.78 is 2.03.